The first kappa shape index (κ1) is 20.0. The third-order valence-electron chi connectivity index (χ3n) is 5.11. The van der Waals surface area contributed by atoms with Crippen LogP contribution in [-0.4, -0.2) is 28.1 Å². The van der Waals surface area contributed by atoms with Crippen LogP contribution in [0, 0.1) is 0 Å². The molecule has 3 aromatic heterocycles. The average Bonchev–Trinajstić information content (AvgIpc) is 2.82. The van der Waals surface area contributed by atoms with Gasteiger partial charge in [-0.3, -0.25) is 15.0 Å². The summed E-state index contributed by atoms with van der Waals surface area (Å²) in [7, 11) is 0. The number of nitrogens with one attached hydrogen (secondary N) is 1. The maximum atomic E-state index is 5.94. The molecule has 0 saturated carbocycles. The Bertz CT molecular complexity index is 1040. The highest BCUT2D eigenvalue weighted by atomic mass is 16.5. The molecule has 0 radical (unpaired) electrons. The molecule has 4 aromatic rings. The number of aromatic nitrogens is 3. The maximum absolute atomic E-state index is 5.94. The van der Waals surface area contributed by atoms with Gasteiger partial charge in [-0.1, -0.05) is 12.1 Å². The number of nitrogens with zero attached hydrogens (tertiary/aromatic N) is 3. The summed E-state index contributed by atoms with van der Waals surface area (Å²) < 4.78 is 5.94. The zero-order chi connectivity index (χ0) is 20.4. The Kier molecular flexibility index (Phi) is 6.97. The van der Waals surface area contributed by atoms with Crippen molar-refractivity contribution in [3.8, 4) is 5.75 Å². The Balaban J connectivity index is 1.27. The van der Waals surface area contributed by atoms with E-state index in [1.54, 1.807) is 0 Å². The van der Waals surface area contributed by atoms with E-state index >= 15 is 0 Å². The molecule has 1 aromatic carbocycles. The second-order valence-corrected chi connectivity index (χ2v) is 7.25. The minimum Gasteiger partial charge on any atom is -0.494 e. The molecule has 30 heavy (non-hydrogen) atoms. The van der Waals surface area contributed by atoms with Crippen LogP contribution in [0.1, 0.15) is 30.0 Å². The van der Waals surface area contributed by atoms with Gasteiger partial charge in [-0.2, -0.15) is 0 Å². The summed E-state index contributed by atoms with van der Waals surface area (Å²) in [6.07, 6.45) is 12.2. The van der Waals surface area contributed by atoms with Gasteiger partial charge >= 0.3 is 0 Å². The van der Waals surface area contributed by atoms with Crippen molar-refractivity contribution < 1.29 is 4.74 Å². The van der Waals surface area contributed by atoms with E-state index < -0.39 is 0 Å². The number of hydrogen-bond donors (Lipinski definition) is 1. The molecule has 4 rings (SSSR count). The molecule has 5 heteroatoms. The fraction of sp³-hybridized carbons (Fsp3) is 0.240. The molecule has 1 N–H and O–H groups in total. The third kappa shape index (κ3) is 5.61. The van der Waals surface area contributed by atoms with Gasteiger partial charge in [0.2, 0.25) is 0 Å². The van der Waals surface area contributed by atoms with Crippen LogP contribution in [0.15, 0.2) is 85.6 Å². The fourth-order valence-corrected chi connectivity index (χ4v) is 3.52. The Labute approximate surface area is 177 Å². The lowest BCUT2D eigenvalue weighted by atomic mass is 10.0. The lowest BCUT2D eigenvalue weighted by Gasteiger charge is -2.19. The third-order valence-corrected chi connectivity index (χ3v) is 5.11. The normalized spacial score (nSPS) is 12.0. The van der Waals surface area contributed by atoms with Crippen molar-refractivity contribution in [2.75, 3.05) is 13.2 Å². The maximum Gasteiger partial charge on any atom is 0.120 e. The standard InChI is InChI=1S/C25H26N4O/c1-4-20(19-27-12-1)6-8-24(21-10-15-26-16-11-21)29-14-3-17-30-23-7-9-25-22(18-23)5-2-13-28-25/h1-2,4-5,7,9-13,15-16,18-19,24,29H,3,6,8,14,17H2. The SMILES string of the molecule is c1cncc(CCC(NCCCOc2ccc3ncccc3c2)c2ccncc2)c1. The van der Waals surface area contributed by atoms with Gasteiger partial charge in [0.05, 0.1) is 12.1 Å². The molecule has 1 unspecified atom stereocenters. The summed E-state index contributed by atoms with van der Waals surface area (Å²) in [6.45, 7) is 1.56. The summed E-state index contributed by atoms with van der Waals surface area (Å²) in [4.78, 5) is 12.7. The Morgan fingerprint density at radius 3 is 2.67 bits per heavy atom. The van der Waals surface area contributed by atoms with Crippen LogP contribution in [-0.2, 0) is 6.42 Å². The minimum atomic E-state index is 0.278. The lowest BCUT2D eigenvalue weighted by molar-refractivity contribution is 0.304. The van der Waals surface area contributed by atoms with Gasteiger partial charge in [0.25, 0.3) is 0 Å². The quantitative estimate of drug-likeness (QED) is 0.390. The Hall–Kier alpha value is -3.31. The van der Waals surface area contributed by atoms with Gasteiger partial charge in [-0.25, -0.2) is 0 Å². The Morgan fingerprint density at radius 1 is 0.900 bits per heavy atom. The molecule has 0 fully saturated rings. The van der Waals surface area contributed by atoms with Crippen molar-refractivity contribution in [1.82, 2.24) is 20.3 Å². The van der Waals surface area contributed by atoms with E-state index in [9.17, 15) is 0 Å². The lowest BCUT2D eigenvalue weighted by Crippen LogP contribution is -2.24. The highest BCUT2D eigenvalue weighted by Gasteiger charge is 2.11. The van der Waals surface area contributed by atoms with Crippen molar-refractivity contribution in [2.24, 2.45) is 0 Å². The van der Waals surface area contributed by atoms with Crippen molar-refractivity contribution in [2.45, 2.75) is 25.3 Å². The second kappa shape index (κ2) is 10.5. The van der Waals surface area contributed by atoms with Crippen LogP contribution in [0.2, 0.25) is 0 Å². The first-order chi connectivity index (χ1) is 14.9. The van der Waals surface area contributed by atoms with Crippen LogP contribution < -0.4 is 10.1 Å². The zero-order valence-electron chi connectivity index (χ0n) is 16.9. The largest absolute Gasteiger partial charge is 0.494 e. The number of benzene rings is 1. The van der Waals surface area contributed by atoms with E-state index in [0.29, 0.717) is 6.61 Å². The van der Waals surface area contributed by atoms with E-state index in [1.807, 2.05) is 61.3 Å². The fourth-order valence-electron chi connectivity index (χ4n) is 3.52. The highest BCUT2D eigenvalue weighted by molar-refractivity contribution is 5.79. The molecule has 0 bridgehead atoms. The van der Waals surface area contributed by atoms with Crippen LogP contribution in [0.3, 0.4) is 0 Å². The van der Waals surface area contributed by atoms with E-state index in [-0.39, 0.29) is 6.04 Å². The number of ether oxygens (including phenoxy) is 1. The smallest absolute Gasteiger partial charge is 0.120 e. The first-order valence-electron chi connectivity index (χ1n) is 10.4. The molecule has 0 aliphatic carbocycles. The van der Waals surface area contributed by atoms with E-state index in [0.717, 1.165) is 42.5 Å². The molecule has 0 aliphatic heterocycles. The van der Waals surface area contributed by atoms with Crippen LogP contribution >= 0.6 is 0 Å². The number of rotatable bonds is 10. The molecule has 0 saturated heterocycles. The second-order valence-electron chi connectivity index (χ2n) is 7.25. The number of pyridine rings is 3. The topological polar surface area (TPSA) is 59.9 Å². The molecule has 5 nitrogen and oxygen atoms in total. The number of aryl methyl sites for hydroxylation is 1. The summed E-state index contributed by atoms with van der Waals surface area (Å²) >= 11 is 0. The van der Waals surface area contributed by atoms with Crippen molar-refractivity contribution in [1.29, 1.82) is 0 Å². The molecule has 0 amide bonds. The van der Waals surface area contributed by atoms with Crippen molar-refractivity contribution >= 4 is 10.9 Å². The molecular formula is C25H26N4O. The summed E-state index contributed by atoms with van der Waals surface area (Å²) in [6, 6.07) is 18.6. The zero-order valence-corrected chi connectivity index (χ0v) is 16.9. The monoisotopic (exact) mass is 398 g/mol. The summed E-state index contributed by atoms with van der Waals surface area (Å²) in [5.41, 5.74) is 3.50. The molecule has 0 spiro atoms. The van der Waals surface area contributed by atoms with Gasteiger partial charge in [-0.15, -0.1) is 0 Å². The van der Waals surface area contributed by atoms with Gasteiger partial charge in [-0.05, 0) is 79.4 Å². The van der Waals surface area contributed by atoms with Crippen molar-refractivity contribution in [3.63, 3.8) is 0 Å². The van der Waals surface area contributed by atoms with E-state index in [4.69, 9.17) is 4.74 Å². The average molecular weight is 399 g/mol. The van der Waals surface area contributed by atoms with Crippen molar-refractivity contribution in [3.05, 3.63) is 96.7 Å². The minimum absolute atomic E-state index is 0.278. The van der Waals surface area contributed by atoms with Gasteiger partial charge in [0.15, 0.2) is 0 Å². The predicted molar refractivity (Wildman–Crippen MR) is 119 cm³/mol. The predicted octanol–water partition coefficient (Wildman–Crippen LogP) is 4.76. The molecular weight excluding hydrogens is 372 g/mol. The van der Waals surface area contributed by atoms with Gasteiger partial charge in [0, 0.05) is 42.4 Å². The van der Waals surface area contributed by atoms with E-state index in [2.05, 4.69) is 44.5 Å². The van der Waals surface area contributed by atoms with Crippen LogP contribution in [0.4, 0.5) is 0 Å². The van der Waals surface area contributed by atoms with E-state index in [1.165, 1.54) is 11.1 Å². The molecule has 1 atom stereocenters. The number of hydrogen-bond acceptors (Lipinski definition) is 5. The van der Waals surface area contributed by atoms with Gasteiger partial charge in [0.1, 0.15) is 5.75 Å². The highest BCUT2D eigenvalue weighted by Crippen LogP contribution is 2.20. The number of fused-ring (bicyclic) bond motifs is 1. The summed E-state index contributed by atoms with van der Waals surface area (Å²) in [5, 5.41) is 4.78. The molecule has 0 aliphatic rings. The Morgan fingerprint density at radius 2 is 1.80 bits per heavy atom. The van der Waals surface area contributed by atoms with Gasteiger partial charge < -0.3 is 10.1 Å². The molecule has 3 heterocycles. The van der Waals surface area contributed by atoms with Crippen LogP contribution in [0.25, 0.3) is 10.9 Å². The first-order valence-corrected chi connectivity index (χ1v) is 10.4. The van der Waals surface area contributed by atoms with Crippen LogP contribution in [0.5, 0.6) is 5.75 Å². The molecule has 152 valence electrons. The summed E-state index contributed by atoms with van der Waals surface area (Å²) in [5.74, 6) is 0.887.